The molecule has 1 aromatic heterocycles. The van der Waals surface area contributed by atoms with E-state index in [9.17, 15) is 16.8 Å². The Hall–Kier alpha value is -0.970. The van der Waals surface area contributed by atoms with Gasteiger partial charge < -0.3 is 5.32 Å². The Bertz CT molecular complexity index is 681. The first-order valence-electron chi connectivity index (χ1n) is 6.73. The molecule has 1 aromatic rings. The van der Waals surface area contributed by atoms with E-state index in [1.54, 1.807) is 11.7 Å². The molecule has 0 saturated carbocycles. The largest absolute Gasteiger partial charge is 0.318 e. The van der Waals surface area contributed by atoms with Crippen molar-refractivity contribution in [3.05, 3.63) is 12.4 Å². The molecule has 0 radical (unpaired) electrons. The highest BCUT2D eigenvalue weighted by Gasteiger charge is 2.29. The van der Waals surface area contributed by atoms with Crippen LogP contribution in [0.1, 0.15) is 6.42 Å². The van der Waals surface area contributed by atoms with Gasteiger partial charge in [0.05, 0.1) is 24.2 Å². The quantitative estimate of drug-likeness (QED) is 0.733. The summed E-state index contributed by atoms with van der Waals surface area (Å²) in [6, 6.07) is 0. The fourth-order valence-electron chi connectivity index (χ4n) is 2.13. The fourth-order valence-corrected chi connectivity index (χ4v) is 4.95. The summed E-state index contributed by atoms with van der Waals surface area (Å²) in [6.07, 6.45) is 3.12. The van der Waals surface area contributed by atoms with Crippen molar-refractivity contribution >= 4 is 19.9 Å². The van der Waals surface area contributed by atoms with E-state index in [1.165, 1.54) is 16.7 Å². The average molecular weight is 336 g/mol. The van der Waals surface area contributed by atoms with Crippen molar-refractivity contribution in [3.8, 4) is 0 Å². The maximum Gasteiger partial charge on any atom is 0.246 e. The molecule has 0 spiro atoms. The van der Waals surface area contributed by atoms with Crippen molar-refractivity contribution in [2.24, 2.45) is 0 Å². The molecule has 21 heavy (non-hydrogen) atoms. The molecule has 10 heteroatoms. The Morgan fingerprint density at radius 1 is 1.33 bits per heavy atom. The first-order valence-corrected chi connectivity index (χ1v) is 9.99. The molecule has 0 amide bonds. The Kier molecular flexibility index (Phi) is 5.02. The highest BCUT2D eigenvalue weighted by molar-refractivity contribution is 7.91. The van der Waals surface area contributed by atoms with Gasteiger partial charge in [0, 0.05) is 25.8 Å². The number of likely N-dealkylation sites (N-methyl/N-ethyl adjacent to an activating group) is 1. The van der Waals surface area contributed by atoms with E-state index in [2.05, 4.69) is 10.4 Å². The van der Waals surface area contributed by atoms with Crippen LogP contribution >= 0.6 is 0 Å². The first kappa shape index (κ1) is 16.4. The number of sulfonamides is 1. The topological polar surface area (TPSA) is 101 Å². The second kappa shape index (κ2) is 6.42. The van der Waals surface area contributed by atoms with Gasteiger partial charge >= 0.3 is 0 Å². The van der Waals surface area contributed by atoms with Gasteiger partial charge in [-0.2, -0.15) is 9.40 Å². The summed E-state index contributed by atoms with van der Waals surface area (Å²) in [4.78, 5) is 0.109. The van der Waals surface area contributed by atoms with Crippen molar-refractivity contribution in [2.45, 2.75) is 17.9 Å². The van der Waals surface area contributed by atoms with Crippen molar-refractivity contribution < 1.29 is 16.8 Å². The third-order valence-electron chi connectivity index (χ3n) is 3.35. The van der Waals surface area contributed by atoms with Crippen molar-refractivity contribution in [1.82, 2.24) is 19.4 Å². The predicted octanol–water partition coefficient (Wildman–Crippen LogP) is -1.09. The highest BCUT2D eigenvalue weighted by Crippen LogP contribution is 2.17. The molecule has 1 aliphatic heterocycles. The summed E-state index contributed by atoms with van der Waals surface area (Å²) in [5.41, 5.74) is 0. The molecule has 1 N–H and O–H groups in total. The van der Waals surface area contributed by atoms with Crippen LogP contribution in [0.15, 0.2) is 17.3 Å². The second-order valence-electron chi connectivity index (χ2n) is 4.95. The van der Waals surface area contributed by atoms with Crippen LogP contribution in [0.5, 0.6) is 0 Å². The molecule has 8 nitrogen and oxygen atoms in total. The molecule has 1 aliphatic rings. The van der Waals surface area contributed by atoms with Gasteiger partial charge in [-0.15, -0.1) is 0 Å². The lowest BCUT2D eigenvalue weighted by molar-refractivity contribution is 0.434. The molecule has 0 bridgehead atoms. The van der Waals surface area contributed by atoms with Gasteiger partial charge in [-0.3, -0.25) is 4.68 Å². The molecule has 1 saturated heterocycles. The van der Waals surface area contributed by atoms with Gasteiger partial charge in [-0.25, -0.2) is 16.8 Å². The summed E-state index contributed by atoms with van der Waals surface area (Å²) >= 11 is 0. The Morgan fingerprint density at radius 2 is 2.10 bits per heavy atom. The molecule has 2 rings (SSSR count). The van der Waals surface area contributed by atoms with Crippen LogP contribution in [0, 0.1) is 0 Å². The van der Waals surface area contributed by atoms with Crippen LogP contribution in [-0.4, -0.2) is 69.1 Å². The van der Waals surface area contributed by atoms with Crippen LogP contribution < -0.4 is 5.32 Å². The van der Waals surface area contributed by atoms with Crippen LogP contribution in [0.3, 0.4) is 0 Å². The van der Waals surface area contributed by atoms with E-state index in [4.69, 9.17) is 0 Å². The molecule has 0 aromatic carbocycles. The molecule has 120 valence electrons. The van der Waals surface area contributed by atoms with E-state index < -0.39 is 19.9 Å². The number of nitrogens with one attached hydrogen (secondary N) is 1. The minimum atomic E-state index is -3.67. The number of aromatic nitrogens is 2. The summed E-state index contributed by atoms with van der Waals surface area (Å²) in [5, 5.41) is 6.98. The number of hydrogen-bond donors (Lipinski definition) is 1. The summed E-state index contributed by atoms with van der Waals surface area (Å²) < 4.78 is 50.9. The molecule has 0 unspecified atom stereocenters. The lowest BCUT2D eigenvalue weighted by Crippen LogP contribution is -2.33. The molecular formula is C11H20N4O4S2. The van der Waals surface area contributed by atoms with Crippen LogP contribution in [-0.2, 0) is 26.4 Å². The van der Waals surface area contributed by atoms with Crippen molar-refractivity contribution in [3.63, 3.8) is 0 Å². The summed E-state index contributed by atoms with van der Waals surface area (Å²) in [5.74, 6) is -0.0828. The Labute approximate surface area is 125 Å². The van der Waals surface area contributed by atoms with Gasteiger partial charge in [-0.05, 0) is 13.5 Å². The SMILES string of the molecule is CNCCn1cc(S(=O)(=O)N2CCCS(=O)(=O)CC2)cn1. The maximum absolute atomic E-state index is 12.5. The van der Waals surface area contributed by atoms with E-state index in [0.29, 0.717) is 19.5 Å². The monoisotopic (exact) mass is 336 g/mol. The van der Waals surface area contributed by atoms with Gasteiger partial charge in [0.25, 0.3) is 0 Å². The highest BCUT2D eigenvalue weighted by atomic mass is 32.2. The number of nitrogens with zero attached hydrogens (tertiary/aromatic N) is 3. The van der Waals surface area contributed by atoms with E-state index in [1.807, 2.05) is 0 Å². The predicted molar refractivity (Wildman–Crippen MR) is 78.2 cm³/mol. The maximum atomic E-state index is 12.5. The van der Waals surface area contributed by atoms with Gasteiger partial charge in [-0.1, -0.05) is 0 Å². The summed E-state index contributed by atoms with van der Waals surface area (Å²) in [7, 11) is -5.01. The second-order valence-corrected chi connectivity index (χ2v) is 9.19. The molecular weight excluding hydrogens is 316 g/mol. The minimum Gasteiger partial charge on any atom is -0.318 e. The Balaban J connectivity index is 2.15. The molecule has 0 atom stereocenters. The van der Waals surface area contributed by atoms with Crippen molar-refractivity contribution in [1.29, 1.82) is 0 Å². The number of sulfone groups is 1. The minimum absolute atomic E-state index is 0.00631. The average Bonchev–Trinajstić information content (AvgIpc) is 2.81. The number of hydrogen-bond acceptors (Lipinski definition) is 6. The smallest absolute Gasteiger partial charge is 0.246 e. The number of rotatable bonds is 5. The third-order valence-corrected chi connectivity index (χ3v) is 6.92. The normalized spacial score (nSPS) is 20.2. The lowest BCUT2D eigenvalue weighted by atomic mass is 10.5. The third kappa shape index (κ3) is 4.02. The van der Waals surface area contributed by atoms with Gasteiger partial charge in [0.15, 0.2) is 9.84 Å². The zero-order valence-corrected chi connectivity index (χ0v) is 13.5. The molecule has 2 heterocycles. The Morgan fingerprint density at radius 3 is 2.81 bits per heavy atom. The standard InChI is InChI=1S/C11H20N4O4S2/c1-12-3-5-14-10-11(9-13-14)21(18,19)15-4-2-7-20(16,17)8-6-15/h9-10,12H,2-8H2,1H3. The van der Waals surface area contributed by atoms with Crippen LogP contribution in [0.4, 0.5) is 0 Å². The van der Waals surface area contributed by atoms with Crippen LogP contribution in [0.2, 0.25) is 0 Å². The van der Waals surface area contributed by atoms with Crippen molar-refractivity contribution in [2.75, 3.05) is 38.2 Å². The molecule has 1 fully saturated rings. The zero-order valence-electron chi connectivity index (χ0n) is 11.9. The van der Waals surface area contributed by atoms with Gasteiger partial charge in [0.2, 0.25) is 10.0 Å². The van der Waals surface area contributed by atoms with Gasteiger partial charge in [0.1, 0.15) is 4.90 Å². The fraction of sp³-hybridized carbons (Fsp3) is 0.727. The zero-order chi connectivity index (χ0) is 15.5. The lowest BCUT2D eigenvalue weighted by Gasteiger charge is -2.18. The van der Waals surface area contributed by atoms with Crippen LogP contribution in [0.25, 0.3) is 0 Å². The van der Waals surface area contributed by atoms with E-state index in [0.717, 1.165) is 0 Å². The van der Waals surface area contributed by atoms with E-state index in [-0.39, 0.29) is 29.5 Å². The summed E-state index contributed by atoms with van der Waals surface area (Å²) in [6.45, 7) is 1.49. The van der Waals surface area contributed by atoms with E-state index >= 15 is 0 Å². The first-order chi connectivity index (χ1) is 9.85. The molecule has 0 aliphatic carbocycles.